The highest BCUT2D eigenvalue weighted by molar-refractivity contribution is 5.78. The van der Waals surface area contributed by atoms with Crippen LogP contribution in [-0.2, 0) is 9.53 Å². The Balaban J connectivity index is 2.59. The number of rotatable bonds is 3. The van der Waals surface area contributed by atoms with Gasteiger partial charge in [-0.25, -0.2) is 0 Å². The van der Waals surface area contributed by atoms with E-state index in [0.29, 0.717) is 0 Å². The quantitative estimate of drug-likeness (QED) is 0.626. The highest BCUT2D eigenvalue weighted by Gasteiger charge is 2.37. The number of carbonyl (C=O) groups is 1. The molecule has 0 spiro atoms. The van der Waals surface area contributed by atoms with Crippen LogP contribution in [0.4, 0.5) is 0 Å². The minimum Gasteiger partial charge on any atom is -0.367 e. The molecule has 2 nitrogen and oxygen atoms in total. The second-order valence-corrected chi connectivity index (χ2v) is 4.11. The summed E-state index contributed by atoms with van der Waals surface area (Å²) in [7, 11) is 0. The van der Waals surface area contributed by atoms with Crippen molar-refractivity contribution < 1.29 is 9.53 Å². The molecule has 2 heteroatoms. The average Bonchev–Trinajstić information content (AvgIpc) is 2.47. The molecule has 13 heavy (non-hydrogen) atoms. The van der Waals surface area contributed by atoms with Crippen LogP contribution in [-0.4, -0.2) is 17.5 Å². The van der Waals surface area contributed by atoms with Gasteiger partial charge in [0.1, 0.15) is 5.78 Å². The molecule has 0 N–H and O–H groups in total. The monoisotopic (exact) mass is 182 g/mol. The van der Waals surface area contributed by atoms with Gasteiger partial charge in [-0.1, -0.05) is 13.0 Å². The molecule has 0 radical (unpaired) electrons. The van der Waals surface area contributed by atoms with Crippen LogP contribution in [0.15, 0.2) is 12.7 Å². The number of carbonyl (C=O) groups excluding carboxylic acids is 1. The van der Waals surface area contributed by atoms with E-state index in [2.05, 4.69) is 6.58 Å². The van der Waals surface area contributed by atoms with E-state index in [1.807, 2.05) is 19.9 Å². The third kappa shape index (κ3) is 2.19. The molecular formula is C11H18O2. The minimum atomic E-state index is -0.214. The van der Waals surface area contributed by atoms with Crippen molar-refractivity contribution >= 4 is 5.78 Å². The normalized spacial score (nSPS) is 35.8. The van der Waals surface area contributed by atoms with E-state index in [4.69, 9.17) is 4.74 Å². The molecule has 74 valence electrons. The molecule has 0 amide bonds. The second-order valence-electron chi connectivity index (χ2n) is 4.11. The number of ether oxygens (including phenoxy) is 1. The van der Waals surface area contributed by atoms with Gasteiger partial charge in [0.25, 0.3) is 0 Å². The molecule has 0 saturated carbocycles. The van der Waals surface area contributed by atoms with E-state index >= 15 is 0 Å². The molecule has 0 aromatic rings. The fraction of sp³-hybridized carbons (Fsp3) is 0.727. The standard InChI is InChI=1S/C11H18O2/c1-5-11(4)7-6-10(13-11)8(2)9(3)12/h5,8,10H,1,6-7H2,2-4H3/t8?,10-,11-/m0/s1. The van der Waals surface area contributed by atoms with Crippen LogP contribution >= 0.6 is 0 Å². The Bertz CT molecular complexity index is 222. The maximum Gasteiger partial charge on any atom is 0.135 e. The van der Waals surface area contributed by atoms with E-state index in [1.54, 1.807) is 6.92 Å². The van der Waals surface area contributed by atoms with Crippen molar-refractivity contribution in [3.05, 3.63) is 12.7 Å². The van der Waals surface area contributed by atoms with Gasteiger partial charge in [-0.05, 0) is 26.7 Å². The molecule has 0 aromatic carbocycles. The first-order valence-electron chi connectivity index (χ1n) is 4.80. The lowest BCUT2D eigenvalue weighted by molar-refractivity contribution is -0.125. The topological polar surface area (TPSA) is 26.3 Å². The summed E-state index contributed by atoms with van der Waals surface area (Å²) in [4.78, 5) is 11.1. The van der Waals surface area contributed by atoms with Gasteiger partial charge in [-0.2, -0.15) is 0 Å². The fourth-order valence-electron chi connectivity index (χ4n) is 1.66. The van der Waals surface area contributed by atoms with Gasteiger partial charge >= 0.3 is 0 Å². The molecule has 1 saturated heterocycles. The lowest BCUT2D eigenvalue weighted by atomic mass is 9.96. The van der Waals surface area contributed by atoms with Crippen molar-refractivity contribution in [2.45, 2.75) is 45.3 Å². The predicted molar refractivity (Wildman–Crippen MR) is 52.6 cm³/mol. The Kier molecular flexibility index (Phi) is 2.91. The largest absolute Gasteiger partial charge is 0.367 e. The van der Waals surface area contributed by atoms with Crippen molar-refractivity contribution in [1.82, 2.24) is 0 Å². The smallest absolute Gasteiger partial charge is 0.135 e. The maximum atomic E-state index is 11.1. The Morgan fingerprint density at radius 3 is 2.77 bits per heavy atom. The van der Waals surface area contributed by atoms with Crippen LogP contribution in [0.1, 0.15) is 33.6 Å². The van der Waals surface area contributed by atoms with Crippen LogP contribution in [0, 0.1) is 5.92 Å². The molecule has 3 atom stereocenters. The van der Waals surface area contributed by atoms with E-state index in [9.17, 15) is 4.79 Å². The Morgan fingerprint density at radius 1 is 1.77 bits per heavy atom. The first-order chi connectivity index (χ1) is 5.98. The summed E-state index contributed by atoms with van der Waals surface area (Å²) in [5.41, 5.74) is -0.214. The fourth-order valence-corrected chi connectivity index (χ4v) is 1.66. The molecule has 1 unspecified atom stereocenters. The third-order valence-electron chi connectivity index (χ3n) is 2.98. The molecule has 1 heterocycles. The number of Topliss-reactive ketones (excluding diaryl/α,β-unsaturated/α-hetero) is 1. The van der Waals surface area contributed by atoms with Gasteiger partial charge in [-0.3, -0.25) is 4.79 Å². The number of hydrogen-bond donors (Lipinski definition) is 0. The summed E-state index contributed by atoms with van der Waals surface area (Å²) in [5.74, 6) is 0.222. The van der Waals surface area contributed by atoms with Crippen molar-refractivity contribution in [2.75, 3.05) is 0 Å². The zero-order valence-corrected chi connectivity index (χ0v) is 8.67. The first kappa shape index (κ1) is 10.5. The molecule has 1 aliphatic rings. The predicted octanol–water partition coefficient (Wildman–Crippen LogP) is 2.34. The van der Waals surface area contributed by atoms with Crippen LogP contribution in [0.25, 0.3) is 0 Å². The minimum absolute atomic E-state index is 0.0155. The van der Waals surface area contributed by atoms with Gasteiger partial charge in [0.2, 0.25) is 0 Å². The summed E-state index contributed by atoms with van der Waals surface area (Å²) in [6.45, 7) is 9.32. The van der Waals surface area contributed by atoms with Gasteiger partial charge in [-0.15, -0.1) is 6.58 Å². The van der Waals surface area contributed by atoms with Crippen molar-refractivity contribution in [1.29, 1.82) is 0 Å². The number of ketones is 1. The Labute approximate surface area is 80.0 Å². The van der Waals surface area contributed by atoms with E-state index in [1.165, 1.54) is 0 Å². The summed E-state index contributed by atoms with van der Waals surface area (Å²) in [5, 5.41) is 0. The van der Waals surface area contributed by atoms with Crippen LogP contribution in [0.2, 0.25) is 0 Å². The van der Waals surface area contributed by atoms with E-state index in [-0.39, 0.29) is 23.4 Å². The molecule has 1 rings (SSSR count). The lowest BCUT2D eigenvalue weighted by Gasteiger charge is -2.22. The van der Waals surface area contributed by atoms with Gasteiger partial charge in [0.05, 0.1) is 11.7 Å². The molecule has 0 aromatic heterocycles. The zero-order valence-electron chi connectivity index (χ0n) is 8.67. The highest BCUT2D eigenvalue weighted by Crippen LogP contribution is 2.34. The summed E-state index contributed by atoms with van der Waals surface area (Å²) >= 11 is 0. The van der Waals surface area contributed by atoms with Crippen molar-refractivity contribution in [2.24, 2.45) is 5.92 Å². The number of hydrogen-bond acceptors (Lipinski definition) is 2. The van der Waals surface area contributed by atoms with Crippen LogP contribution in [0.5, 0.6) is 0 Å². The Hall–Kier alpha value is -0.630. The Morgan fingerprint density at radius 2 is 2.38 bits per heavy atom. The molecule has 0 aliphatic carbocycles. The highest BCUT2D eigenvalue weighted by atomic mass is 16.5. The molecule has 0 bridgehead atoms. The van der Waals surface area contributed by atoms with E-state index < -0.39 is 0 Å². The SMILES string of the molecule is C=C[C@@]1(C)CC[C@@H](C(C)C(C)=O)O1. The summed E-state index contributed by atoms with van der Waals surface area (Å²) < 4.78 is 5.78. The van der Waals surface area contributed by atoms with Crippen LogP contribution in [0.3, 0.4) is 0 Å². The van der Waals surface area contributed by atoms with Gasteiger partial charge in [0.15, 0.2) is 0 Å². The third-order valence-corrected chi connectivity index (χ3v) is 2.98. The molecular weight excluding hydrogens is 164 g/mol. The van der Waals surface area contributed by atoms with Gasteiger partial charge < -0.3 is 4.74 Å². The van der Waals surface area contributed by atoms with Gasteiger partial charge in [0, 0.05) is 5.92 Å². The zero-order chi connectivity index (χ0) is 10.1. The molecule has 1 fully saturated rings. The lowest BCUT2D eigenvalue weighted by Crippen LogP contribution is -2.28. The second kappa shape index (κ2) is 3.62. The summed E-state index contributed by atoms with van der Waals surface area (Å²) in [6.07, 6.45) is 3.85. The van der Waals surface area contributed by atoms with E-state index in [0.717, 1.165) is 12.8 Å². The average molecular weight is 182 g/mol. The summed E-state index contributed by atoms with van der Waals surface area (Å²) in [6, 6.07) is 0. The van der Waals surface area contributed by atoms with Crippen molar-refractivity contribution in [3.63, 3.8) is 0 Å². The van der Waals surface area contributed by atoms with Crippen molar-refractivity contribution in [3.8, 4) is 0 Å². The molecule has 1 aliphatic heterocycles. The van der Waals surface area contributed by atoms with Crippen LogP contribution < -0.4 is 0 Å². The first-order valence-corrected chi connectivity index (χ1v) is 4.80. The maximum absolute atomic E-state index is 11.1.